The summed E-state index contributed by atoms with van der Waals surface area (Å²) in [7, 11) is 0. The number of rotatable bonds is 7. The summed E-state index contributed by atoms with van der Waals surface area (Å²) in [6.45, 7) is 2.54. The second-order valence-corrected chi connectivity index (χ2v) is 5.72. The molecule has 1 aromatic heterocycles. The molecule has 0 atom stereocenters. The van der Waals surface area contributed by atoms with Crippen LogP contribution in [-0.2, 0) is 0 Å². The molecule has 0 radical (unpaired) electrons. The average Bonchev–Trinajstić information content (AvgIpc) is 3.20. The van der Waals surface area contributed by atoms with Crippen molar-refractivity contribution in [2.24, 2.45) is 0 Å². The topological polar surface area (TPSA) is 112 Å². The van der Waals surface area contributed by atoms with Crippen LogP contribution in [0.25, 0.3) is 5.69 Å². The fourth-order valence-corrected chi connectivity index (χ4v) is 2.41. The lowest BCUT2D eigenvalue weighted by Crippen LogP contribution is -2.28. The van der Waals surface area contributed by atoms with E-state index in [2.05, 4.69) is 15.4 Å². The van der Waals surface area contributed by atoms with E-state index in [9.17, 15) is 14.9 Å². The monoisotopic (exact) mass is 367 g/mol. The highest BCUT2D eigenvalue weighted by atomic mass is 16.6. The van der Waals surface area contributed by atoms with Gasteiger partial charge in [-0.15, -0.1) is 0 Å². The summed E-state index contributed by atoms with van der Waals surface area (Å²) < 4.78 is 6.81. The van der Waals surface area contributed by atoms with Gasteiger partial charge in [-0.2, -0.15) is 5.10 Å². The van der Waals surface area contributed by atoms with E-state index in [-0.39, 0.29) is 30.1 Å². The quantitative estimate of drug-likeness (QED) is 0.389. The molecule has 2 aromatic carbocycles. The molecule has 1 heterocycles. The zero-order valence-corrected chi connectivity index (χ0v) is 14.5. The largest absolute Gasteiger partial charge is 0.492 e. The third-order valence-electron chi connectivity index (χ3n) is 3.78. The molecule has 0 aliphatic heterocycles. The van der Waals surface area contributed by atoms with E-state index < -0.39 is 10.8 Å². The molecule has 138 valence electrons. The first-order chi connectivity index (χ1) is 13.0. The van der Waals surface area contributed by atoms with Gasteiger partial charge in [0, 0.05) is 11.6 Å². The molecule has 0 fully saturated rings. The molecular formula is C18H17N5O4. The highest BCUT2D eigenvalue weighted by molar-refractivity contribution is 5.95. The standard InChI is InChI=1S/C18H17N5O4/c1-13-2-5-15(6-3-13)27-9-8-20-18(24)14-4-7-16(17(10-14)23(25)26)22-12-19-11-21-22/h2-7,10-12H,8-9H2,1H3,(H,20,24). The minimum atomic E-state index is -0.561. The van der Waals surface area contributed by atoms with Gasteiger partial charge in [0.05, 0.1) is 11.5 Å². The number of nitro groups is 1. The van der Waals surface area contributed by atoms with E-state index in [0.717, 1.165) is 5.56 Å². The maximum absolute atomic E-state index is 12.2. The van der Waals surface area contributed by atoms with E-state index in [1.54, 1.807) is 0 Å². The van der Waals surface area contributed by atoms with Gasteiger partial charge < -0.3 is 10.1 Å². The minimum Gasteiger partial charge on any atom is -0.492 e. The summed E-state index contributed by atoms with van der Waals surface area (Å²) in [4.78, 5) is 26.8. The third-order valence-corrected chi connectivity index (χ3v) is 3.78. The molecule has 0 saturated heterocycles. The van der Waals surface area contributed by atoms with E-state index in [1.165, 1.54) is 35.5 Å². The number of ether oxygens (including phenoxy) is 1. The second-order valence-electron chi connectivity index (χ2n) is 5.72. The SMILES string of the molecule is Cc1ccc(OCCNC(=O)c2ccc(-n3cncn3)c([N+](=O)[O-])c2)cc1. The van der Waals surface area contributed by atoms with Crippen LogP contribution in [0, 0.1) is 17.0 Å². The molecule has 0 unspecified atom stereocenters. The van der Waals surface area contributed by atoms with E-state index in [1.807, 2.05) is 31.2 Å². The van der Waals surface area contributed by atoms with Gasteiger partial charge in [0.15, 0.2) is 0 Å². The van der Waals surface area contributed by atoms with Crippen molar-refractivity contribution >= 4 is 11.6 Å². The number of benzene rings is 2. The Balaban J connectivity index is 1.62. The second kappa shape index (κ2) is 8.09. The summed E-state index contributed by atoms with van der Waals surface area (Å²) in [6.07, 6.45) is 2.63. The molecule has 0 aliphatic rings. The van der Waals surface area contributed by atoms with Crippen LogP contribution in [0.3, 0.4) is 0 Å². The number of aromatic nitrogens is 3. The predicted molar refractivity (Wildman–Crippen MR) is 97.0 cm³/mol. The van der Waals surface area contributed by atoms with Crippen molar-refractivity contribution in [2.75, 3.05) is 13.2 Å². The van der Waals surface area contributed by atoms with Crippen LogP contribution in [0.4, 0.5) is 5.69 Å². The third kappa shape index (κ3) is 4.46. The Morgan fingerprint density at radius 3 is 2.70 bits per heavy atom. The number of hydrogen-bond donors (Lipinski definition) is 1. The van der Waals surface area contributed by atoms with Crippen molar-refractivity contribution in [1.82, 2.24) is 20.1 Å². The molecule has 0 aliphatic carbocycles. The molecule has 3 rings (SSSR count). The molecule has 9 heteroatoms. The lowest BCUT2D eigenvalue weighted by Gasteiger charge is -2.09. The summed E-state index contributed by atoms with van der Waals surface area (Å²) >= 11 is 0. The maximum atomic E-state index is 12.2. The number of aryl methyl sites for hydroxylation is 1. The van der Waals surface area contributed by atoms with Crippen LogP contribution in [0.15, 0.2) is 55.1 Å². The van der Waals surface area contributed by atoms with E-state index in [0.29, 0.717) is 5.75 Å². The van der Waals surface area contributed by atoms with Gasteiger partial charge >= 0.3 is 0 Å². The lowest BCUT2D eigenvalue weighted by molar-refractivity contribution is -0.384. The highest BCUT2D eigenvalue weighted by Gasteiger charge is 2.19. The number of hydrogen-bond acceptors (Lipinski definition) is 6. The number of nitrogens with zero attached hydrogens (tertiary/aromatic N) is 4. The summed E-state index contributed by atoms with van der Waals surface area (Å²) in [5.74, 6) is 0.290. The van der Waals surface area contributed by atoms with Crippen molar-refractivity contribution in [1.29, 1.82) is 0 Å². The molecule has 3 aromatic rings. The maximum Gasteiger partial charge on any atom is 0.295 e. The molecule has 0 bridgehead atoms. The van der Waals surface area contributed by atoms with Crippen molar-refractivity contribution in [2.45, 2.75) is 6.92 Å². The Bertz CT molecular complexity index is 939. The zero-order valence-electron chi connectivity index (χ0n) is 14.5. The molecular weight excluding hydrogens is 350 g/mol. The van der Waals surface area contributed by atoms with Gasteiger partial charge in [-0.05, 0) is 31.2 Å². The van der Waals surface area contributed by atoms with Crippen LogP contribution in [0.1, 0.15) is 15.9 Å². The number of nitro benzene ring substituents is 1. The molecule has 27 heavy (non-hydrogen) atoms. The van der Waals surface area contributed by atoms with Gasteiger partial charge in [-0.3, -0.25) is 14.9 Å². The number of carbonyl (C=O) groups excluding carboxylic acids is 1. The Labute approximate surface area is 154 Å². The molecule has 0 saturated carbocycles. The Kier molecular flexibility index (Phi) is 5.41. The van der Waals surface area contributed by atoms with Crippen LogP contribution in [0.5, 0.6) is 5.75 Å². The fraction of sp³-hybridized carbons (Fsp3) is 0.167. The van der Waals surface area contributed by atoms with Crippen molar-refractivity contribution < 1.29 is 14.5 Å². The van der Waals surface area contributed by atoms with Crippen molar-refractivity contribution in [3.8, 4) is 11.4 Å². The number of amides is 1. The van der Waals surface area contributed by atoms with Crippen LogP contribution in [-0.4, -0.2) is 38.7 Å². The normalized spacial score (nSPS) is 10.4. The Morgan fingerprint density at radius 1 is 1.26 bits per heavy atom. The van der Waals surface area contributed by atoms with Crippen LogP contribution < -0.4 is 10.1 Å². The molecule has 0 spiro atoms. The zero-order chi connectivity index (χ0) is 19.2. The first-order valence-corrected chi connectivity index (χ1v) is 8.16. The van der Waals surface area contributed by atoms with Crippen molar-refractivity contribution in [3.05, 3.63) is 76.4 Å². The van der Waals surface area contributed by atoms with Gasteiger partial charge in [-0.1, -0.05) is 17.7 Å². The van der Waals surface area contributed by atoms with E-state index in [4.69, 9.17) is 4.74 Å². The Hall–Kier alpha value is -3.75. The summed E-state index contributed by atoms with van der Waals surface area (Å²) in [5, 5.41) is 17.9. The summed E-state index contributed by atoms with van der Waals surface area (Å²) in [5.41, 5.74) is 1.31. The summed E-state index contributed by atoms with van der Waals surface area (Å²) in [6, 6.07) is 11.7. The minimum absolute atomic E-state index is 0.181. The van der Waals surface area contributed by atoms with Gasteiger partial charge in [-0.25, -0.2) is 9.67 Å². The average molecular weight is 367 g/mol. The molecule has 1 amide bonds. The smallest absolute Gasteiger partial charge is 0.295 e. The van der Waals surface area contributed by atoms with Crippen LogP contribution in [0.2, 0.25) is 0 Å². The van der Waals surface area contributed by atoms with Gasteiger partial charge in [0.2, 0.25) is 0 Å². The Morgan fingerprint density at radius 2 is 2.04 bits per heavy atom. The van der Waals surface area contributed by atoms with Gasteiger partial charge in [0.25, 0.3) is 11.6 Å². The predicted octanol–water partition coefficient (Wildman–Crippen LogP) is 2.29. The highest BCUT2D eigenvalue weighted by Crippen LogP contribution is 2.23. The first kappa shape index (κ1) is 18.1. The fourth-order valence-electron chi connectivity index (χ4n) is 2.41. The first-order valence-electron chi connectivity index (χ1n) is 8.16. The number of carbonyl (C=O) groups is 1. The van der Waals surface area contributed by atoms with Crippen LogP contribution >= 0.6 is 0 Å². The van der Waals surface area contributed by atoms with Crippen molar-refractivity contribution in [3.63, 3.8) is 0 Å². The van der Waals surface area contributed by atoms with E-state index >= 15 is 0 Å². The molecule has 1 N–H and O–H groups in total. The lowest BCUT2D eigenvalue weighted by atomic mass is 10.1. The molecule has 9 nitrogen and oxygen atoms in total. The van der Waals surface area contributed by atoms with Gasteiger partial charge in [0.1, 0.15) is 30.7 Å². The number of nitrogens with one attached hydrogen (secondary N) is 1.